The summed E-state index contributed by atoms with van der Waals surface area (Å²) in [7, 11) is 0. The summed E-state index contributed by atoms with van der Waals surface area (Å²) in [5.41, 5.74) is 0.594. The summed E-state index contributed by atoms with van der Waals surface area (Å²) in [6.45, 7) is 0.393. The fraction of sp³-hybridized carbons (Fsp3) is 0.250. The van der Waals surface area contributed by atoms with Crippen molar-refractivity contribution in [2.24, 2.45) is 0 Å². The minimum atomic E-state index is -0.760. The van der Waals surface area contributed by atoms with Gasteiger partial charge < -0.3 is 10.4 Å². The lowest BCUT2D eigenvalue weighted by Crippen LogP contribution is -2.25. The fourth-order valence-electron chi connectivity index (χ4n) is 1.69. The van der Waals surface area contributed by atoms with Gasteiger partial charge in [0.05, 0.1) is 28.3 Å². The van der Waals surface area contributed by atoms with E-state index in [1.54, 1.807) is 12.1 Å². The molecule has 0 saturated carbocycles. The number of nitro groups is 1. The molecule has 1 aromatic heterocycles. The van der Waals surface area contributed by atoms with E-state index in [0.717, 1.165) is 10.7 Å². The van der Waals surface area contributed by atoms with Crippen molar-refractivity contribution in [2.45, 2.75) is 12.6 Å². The molecule has 1 aromatic carbocycles. The second-order valence-corrected chi connectivity index (χ2v) is 5.66. The molecule has 0 radical (unpaired) electrons. The Morgan fingerprint density at radius 2 is 2.33 bits per heavy atom. The molecule has 1 heterocycles. The zero-order valence-corrected chi connectivity index (χ0v) is 13.1. The summed E-state index contributed by atoms with van der Waals surface area (Å²) < 4.78 is 2.19. The fourth-order valence-corrected chi connectivity index (χ4v) is 2.43. The Balaban J connectivity index is 1.89. The minimum absolute atomic E-state index is 0.105. The van der Waals surface area contributed by atoms with Crippen LogP contribution in [0.1, 0.15) is 0 Å². The number of hydrogen-bond acceptors (Lipinski definition) is 5. The molecule has 0 aliphatic carbocycles. The van der Waals surface area contributed by atoms with Gasteiger partial charge in [0.1, 0.15) is 12.4 Å². The predicted octanol–water partition coefficient (Wildman–Crippen LogP) is 2.68. The van der Waals surface area contributed by atoms with Crippen molar-refractivity contribution in [2.75, 3.05) is 11.9 Å². The van der Waals surface area contributed by atoms with E-state index in [9.17, 15) is 15.2 Å². The number of benzene rings is 1. The highest BCUT2D eigenvalue weighted by Gasteiger charge is 2.12. The summed E-state index contributed by atoms with van der Waals surface area (Å²) in [5.74, 6) is 0. The van der Waals surface area contributed by atoms with Crippen molar-refractivity contribution < 1.29 is 10.0 Å². The van der Waals surface area contributed by atoms with Crippen LogP contribution in [0.2, 0.25) is 5.02 Å². The maximum absolute atomic E-state index is 10.5. The van der Waals surface area contributed by atoms with Crippen LogP contribution < -0.4 is 5.32 Å². The third-order valence-corrected chi connectivity index (χ3v) is 3.49. The van der Waals surface area contributed by atoms with Crippen LogP contribution in [0.3, 0.4) is 0 Å². The SMILES string of the molecule is O=[N+]([O-])c1cnn(CC(O)CNc2ccc(Br)cc2Cl)c1. The van der Waals surface area contributed by atoms with E-state index in [-0.39, 0.29) is 18.8 Å². The highest BCUT2D eigenvalue weighted by Crippen LogP contribution is 2.25. The van der Waals surface area contributed by atoms with E-state index < -0.39 is 11.0 Å². The molecule has 0 bridgehead atoms. The Hall–Kier alpha value is -1.64. The van der Waals surface area contributed by atoms with Crippen molar-refractivity contribution in [3.63, 3.8) is 0 Å². The van der Waals surface area contributed by atoms with Crippen LogP contribution in [0.25, 0.3) is 0 Å². The van der Waals surface area contributed by atoms with Crippen LogP contribution in [-0.4, -0.2) is 32.5 Å². The van der Waals surface area contributed by atoms with Gasteiger partial charge in [0.15, 0.2) is 0 Å². The highest BCUT2D eigenvalue weighted by atomic mass is 79.9. The molecule has 21 heavy (non-hydrogen) atoms. The van der Waals surface area contributed by atoms with E-state index >= 15 is 0 Å². The molecular weight excluding hydrogens is 364 g/mol. The maximum Gasteiger partial charge on any atom is 0.306 e. The van der Waals surface area contributed by atoms with Crippen molar-refractivity contribution in [3.8, 4) is 0 Å². The zero-order valence-electron chi connectivity index (χ0n) is 10.7. The van der Waals surface area contributed by atoms with Crippen LogP contribution in [0.15, 0.2) is 35.1 Å². The minimum Gasteiger partial charge on any atom is -0.389 e. The van der Waals surface area contributed by atoms with E-state index in [4.69, 9.17) is 11.6 Å². The quantitative estimate of drug-likeness (QED) is 0.598. The molecule has 7 nitrogen and oxygen atoms in total. The van der Waals surface area contributed by atoms with Gasteiger partial charge >= 0.3 is 5.69 Å². The second-order valence-electron chi connectivity index (χ2n) is 4.34. The summed E-state index contributed by atoms with van der Waals surface area (Å²) in [6.07, 6.45) is 1.66. The van der Waals surface area contributed by atoms with E-state index in [1.165, 1.54) is 10.9 Å². The molecule has 2 aromatic rings. The number of anilines is 1. The van der Waals surface area contributed by atoms with Crippen molar-refractivity contribution in [3.05, 3.63) is 50.2 Å². The molecule has 1 atom stereocenters. The number of hydrogen-bond donors (Lipinski definition) is 2. The van der Waals surface area contributed by atoms with Gasteiger partial charge in [0.2, 0.25) is 0 Å². The van der Waals surface area contributed by atoms with Crippen LogP contribution in [0.4, 0.5) is 11.4 Å². The zero-order chi connectivity index (χ0) is 15.4. The van der Waals surface area contributed by atoms with Crippen molar-refractivity contribution in [1.29, 1.82) is 0 Å². The number of aliphatic hydroxyl groups is 1. The number of rotatable bonds is 6. The van der Waals surface area contributed by atoms with Crippen molar-refractivity contribution in [1.82, 2.24) is 9.78 Å². The molecule has 0 fully saturated rings. The molecule has 0 aliphatic rings. The third kappa shape index (κ3) is 4.42. The first-order chi connectivity index (χ1) is 9.95. The number of nitrogens with zero attached hydrogens (tertiary/aromatic N) is 3. The van der Waals surface area contributed by atoms with Crippen LogP contribution in [-0.2, 0) is 6.54 Å². The number of halogens is 2. The van der Waals surface area contributed by atoms with Gasteiger partial charge in [-0.3, -0.25) is 14.8 Å². The van der Waals surface area contributed by atoms with Crippen LogP contribution in [0, 0.1) is 10.1 Å². The van der Waals surface area contributed by atoms with E-state index in [1.807, 2.05) is 6.07 Å². The van der Waals surface area contributed by atoms with Gasteiger partial charge in [0, 0.05) is 11.0 Å². The Bertz CT molecular complexity index is 649. The average molecular weight is 376 g/mol. The number of aliphatic hydroxyl groups excluding tert-OH is 1. The Kier molecular flexibility index (Phi) is 5.16. The summed E-state index contributed by atoms with van der Waals surface area (Å²) in [5, 5.41) is 27.8. The van der Waals surface area contributed by atoms with Crippen molar-refractivity contribution >= 4 is 38.9 Å². The maximum atomic E-state index is 10.5. The number of aromatic nitrogens is 2. The lowest BCUT2D eigenvalue weighted by Gasteiger charge is -2.13. The largest absolute Gasteiger partial charge is 0.389 e. The molecular formula is C12H12BrClN4O3. The second kappa shape index (κ2) is 6.88. The normalized spacial score (nSPS) is 12.1. The molecule has 0 amide bonds. The van der Waals surface area contributed by atoms with Crippen LogP contribution in [0.5, 0.6) is 0 Å². The average Bonchev–Trinajstić information content (AvgIpc) is 2.86. The van der Waals surface area contributed by atoms with Gasteiger partial charge in [-0.05, 0) is 18.2 Å². The molecule has 9 heteroatoms. The third-order valence-electron chi connectivity index (χ3n) is 2.69. The Morgan fingerprint density at radius 3 is 2.95 bits per heavy atom. The summed E-state index contributed by atoms with van der Waals surface area (Å²) in [6, 6.07) is 5.36. The van der Waals surface area contributed by atoms with Gasteiger partial charge in [-0.15, -0.1) is 0 Å². The summed E-state index contributed by atoms with van der Waals surface area (Å²) >= 11 is 9.35. The smallest absolute Gasteiger partial charge is 0.306 e. The monoisotopic (exact) mass is 374 g/mol. The molecule has 0 spiro atoms. The van der Waals surface area contributed by atoms with E-state index in [0.29, 0.717) is 10.7 Å². The molecule has 0 aliphatic heterocycles. The predicted molar refractivity (Wildman–Crippen MR) is 82.5 cm³/mol. The van der Waals surface area contributed by atoms with Crippen LogP contribution >= 0.6 is 27.5 Å². The standard InChI is InChI=1S/C12H12BrClN4O3/c13-8-1-2-12(11(14)3-8)15-5-10(19)7-17-6-9(4-16-17)18(20)21/h1-4,6,10,15,19H,5,7H2. The first-order valence-electron chi connectivity index (χ1n) is 5.99. The molecule has 1 unspecified atom stereocenters. The van der Waals surface area contributed by atoms with Gasteiger partial charge in [-0.2, -0.15) is 5.10 Å². The first-order valence-corrected chi connectivity index (χ1v) is 7.16. The Labute approximate surface area is 133 Å². The molecule has 2 rings (SSSR count). The van der Waals surface area contributed by atoms with Gasteiger partial charge in [-0.1, -0.05) is 27.5 Å². The van der Waals surface area contributed by atoms with E-state index in [2.05, 4.69) is 26.3 Å². The first kappa shape index (κ1) is 15.7. The molecule has 112 valence electrons. The summed E-state index contributed by atoms with van der Waals surface area (Å²) in [4.78, 5) is 10.0. The number of nitrogens with one attached hydrogen (secondary N) is 1. The topological polar surface area (TPSA) is 93.2 Å². The lowest BCUT2D eigenvalue weighted by atomic mass is 10.3. The Morgan fingerprint density at radius 1 is 1.57 bits per heavy atom. The lowest BCUT2D eigenvalue weighted by molar-refractivity contribution is -0.385. The highest BCUT2D eigenvalue weighted by molar-refractivity contribution is 9.10. The molecule has 2 N–H and O–H groups in total. The van der Waals surface area contributed by atoms with Gasteiger partial charge in [-0.25, -0.2) is 0 Å². The molecule has 0 saturated heterocycles. The van der Waals surface area contributed by atoms with Gasteiger partial charge in [0.25, 0.3) is 0 Å².